The fourth-order valence-corrected chi connectivity index (χ4v) is 1.55. The molecule has 2 saturated heterocycles. The zero-order valence-electron chi connectivity index (χ0n) is 5.71. The molecule has 2 atom stereocenters. The number of rotatable bonds is 0. The number of esters is 1. The van der Waals surface area contributed by atoms with Crippen LogP contribution >= 0.6 is 0 Å². The topological polar surface area (TPSA) is 35.5 Å². The Hall–Kier alpha value is -0.570. The molecule has 0 spiro atoms. The maximum atomic E-state index is 10.9. The Balaban J connectivity index is 2.08. The molecule has 0 aromatic carbocycles. The number of carbonyl (C=O) groups excluding carboxylic acids is 1. The van der Waals surface area contributed by atoms with Gasteiger partial charge in [-0.05, 0) is 12.8 Å². The molecule has 56 valence electrons. The lowest BCUT2D eigenvalue weighted by molar-refractivity contribution is -0.148. The molecular weight excluding hydrogens is 132 g/mol. The summed E-state index contributed by atoms with van der Waals surface area (Å²) < 4.78 is 10.1. The van der Waals surface area contributed by atoms with Crippen molar-refractivity contribution in [3.8, 4) is 0 Å². The molecule has 0 amide bonds. The van der Waals surface area contributed by atoms with Crippen LogP contribution in [0.3, 0.4) is 0 Å². The van der Waals surface area contributed by atoms with Crippen molar-refractivity contribution in [1.82, 2.24) is 0 Å². The zero-order chi connectivity index (χ0) is 6.97. The van der Waals surface area contributed by atoms with Crippen molar-refractivity contribution in [2.45, 2.75) is 18.9 Å². The largest absolute Gasteiger partial charge is 0.463 e. The van der Waals surface area contributed by atoms with Gasteiger partial charge in [-0.3, -0.25) is 0 Å². The second kappa shape index (κ2) is 2.23. The van der Waals surface area contributed by atoms with Crippen molar-refractivity contribution in [3.63, 3.8) is 0 Å². The molecular formula is C7H10O3. The number of cyclic esters (lactones) is 1. The standard InChI is InChI=1S/C7H10O3/c8-7-6-5(4-10-7)2-1-3-9-6/h5-6H,1-4H2/t5-,6+/m0/s1. The number of carbonyl (C=O) groups is 1. The van der Waals surface area contributed by atoms with Crippen LogP contribution in [0.2, 0.25) is 0 Å². The van der Waals surface area contributed by atoms with E-state index >= 15 is 0 Å². The van der Waals surface area contributed by atoms with E-state index < -0.39 is 0 Å². The molecule has 2 heterocycles. The number of hydrogen-bond acceptors (Lipinski definition) is 3. The summed E-state index contributed by atoms with van der Waals surface area (Å²) in [7, 11) is 0. The zero-order valence-corrected chi connectivity index (χ0v) is 5.71. The van der Waals surface area contributed by atoms with E-state index in [1.54, 1.807) is 0 Å². The van der Waals surface area contributed by atoms with E-state index in [1.807, 2.05) is 0 Å². The van der Waals surface area contributed by atoms with E-state index in [0.717, 1.165) is 19.4 Å². The van der Waals surface area contributed by atoms with Crippen molar-refractivity contribution in [1.29, 1.82) is 0 Å². The molecule has 10 heavy (non-hydrogen) atoms. The van der Waals surface area contributed by atoms with E-state index in [0.29, 0.717) is 12.5 Å². The van der Waals surface area contributed by atoms with Crippen molar-refractivity contribution in [3.05, 3.63) is 0 Å². The van der Waals surface area contributed by atoms with Crippen LogP contribution in [0.15, 0.2) is 0 Å². The van der Waals surface area contributed by atoms with Crippen LogP contribution in [0, 0.1) is 5.92 Å². The minimum absolute atomic E-state index is 0.162. The van der Waals surface area contributed by atoms with Gasteiger partial charge in [-0.1, -0.05) is 0 Å². The third kappa shape index (κ3) is 0.814. The highest BCUT2D eigenvalue weighted by Gasteiger charge is 2.39. The number of hydrogen-bond donors (Lipinski definition) is 0. The number of fused-ring (bicyclic) bond motifs is 1. The van der Waals surface area contributed by atoms with Gasteiger partial charge in [-0.15, -0.1) is 0 Å². The van der Waals surface area contributed by atoms with E-state index in [-0.39, 0.29) is 12.1 Å². The summed E-state index contributed by atoms with van der Waals surface area (Å²) in [6.07, 6.45) is 1.92. The molecule has 2 fully saturated rings. The Morgan fingerprint density at radius 3 is 3.20 bits per heavy atom. The highest BCUT2D eigenvalue weighted by Crippen LogP contribution is 2.26. The fraction of sp³-hybridized carbons (Fsp3) is 0.857. The summed E-state index contributed by atoms with van der Waals surface area (Å²) in [4.78, 5) is 10.9. The summed E-state index contributed by atoms with van der Waals surface area (Å²) in [5.41, 5.74) is 0. The van der Waals surface area contributed by atoms with Crippen molar-refractivity contribution >= 4 is 5.97 Å². The molecule has 0 N–H and O–H groups in total. The van der Waals surface area contributed by atoms with Crippen LogP contribution in [0.4, 0.5) is 0 Å². The highest BCUT2D eigenvalue weighted by atomic mass is 16.6. The predicted molar refractivity (Wildman–Crippen MR) is 33.4 cm³/mol. The van der Waals surface area contributed by atoms with E-state index in [1.165, 1.54) is 0 Å². The number of ether oxygens (including phenoxy) is 2. The van der Waals surface area contributed by atoms with Crippen LogP contribution in [-0.4, -0.2) is 25.3 Å². The van der Waals surface area contributed by atoms with Gasteiger partial charge in [0.25, 0.3) is 0 Å². The Morgan fingerprint density at radius 1 is 1.50 bits per heavy atom. The smallest absolute Gasteiger partial charge is 0.335 e. The Morgan fingerprint density at radius 2 is 2.40 bits per heavy atom. The molecule has 2 aliphatic heterocycles. The molecule has 0 aromatic heterocycles. The molecule has 0 aliphatic carbocycles. The lowest BCUT2D eigenvalue weighted by atomic mass is 9.98. The molecule has 0 unspecified atom stereocenters. The minimum Gasteiger partial charge on any atom is -0.463 e. The van der Waals surface area contributed by atoms with E-state index in [2.05, 4.69) is 0 Å². The van der Waals surface area contributed by atoms with Crippen LogP contribution in [0.1, 0.15) is 12.8 Å². The normalized spacial score (nSPS) is 39.0. The molecule has 2 aliphatic rings. The molecule has 2 rings (SSSR count). The minimum atomic E-state index is -0.228. The summed E-state index contributed by atoms with van der Waals surface area (Å²) in [5.74, 6) is 0.186. The Kier molecular flexibility index (Phi) is 1.38. The Labute approximate surface area is 59.3 Å². The van der Waals surface area contributed by atoms with Crippen molar-refractivity contribution < 1.29 is 14.3 Å². The molecule has 0 radical (unpaired) electrons. The summed E-state index contributed by atoms with van der Waals surface area (Å²) >= 11 is 0. The van der Waals surface area contributed by atoms with Gasteiger partial charge in [-0.2, -0.15) is 0 Å². The monoisotopic (exact) mass is 142 g/mol. The van der Waals surface area contributed by atoms with Crippen LogP contribution in [-0.2, 0) is 14.3 Å². The van der Waals surface area contributed by atoms with Gasteiger partial charge >= 0.3 is 5.97 Å². The quantitative estimate of drug-likeness (QED) is 0.457. The average molecular weight is 142 g/mol. The first kappa shape index (κ1) is 6.16. The third-order valence-electron chi connectivity index (χ3n) is 2.12. The van der Waals surface area contributed by atoms with Crippen LogP contribution < -0.4 is 0 Å². The first-order valence-electron chi connectivity index (χ1n) is 3.66. The maximum absolute atomic E-state index is 10.9. The van der Waals surface area contributed by atoms with Gasteiger partial charge in [0.15, 0.2) is 6.10 Å². The molecule has 3 nitrogen and oxygen atoms in total. The first-order valence-corrected chi connectivity index (χ1v) is 3.66. The van der Waals surface area contributed by atoms with Gasteiger partial charge in [-0.25, -0.2) is 4.79 Å². The maximum Gasteiger partial charge on any atom is 0.335 e. The highest BCUT2D eigenvalue weighted by molar-refractivity contribution is 5.77. The molecule has 0 bridgehead atoms. The summed E-state index contributed by atoms with van der Waals surface area (Å²) in [6, 6.07) is 0. The van der Waals surface area contributed by atoms with Gasteiger partial charge in [0.1, 0.15) is 0 Å². The van der Waals surface area contributed by atoms with Crippen LogP contribution in [0.5, 0.6) is 0 Å². The van der Waals surface area contributed by atoms with Gasteiger partial charge in [0, 0.05) is 12.5 Å². The van der Waals surface area contributed by atoms with Gasteiger partial charge in [0.05, 0.1) is 6.61 Å². The van der Waals surface area contributed by atoms with E-state index in [9.17, 15) is 4.79 Å². The fourth-order valence-electron chi connectivity index (χ4n) is 1.55. The second-order valence-electron chi connectivity index (χ2n) is 2.82. The predicted octanol–water partition coefficient (Wildman–Crippen LogP) is 0.338. The van der Waals surface area contributed by atoms with Gasteiger partial charge < -0.3 is 9.47 Å². The second-order valence-corrected chi connectivity index (χ2v) is 2.82. The molecule has 3 heteroatoms. The van der Waals surface area contributed by atoms with Gasteiger partial charge in [0.2, 0.25) is 0 Å². The summed E-state index contributed by atoms with van der Waals surface area (Å²) in [6.45, 7) is 1.29. The Bertz CT molecular complexity index is 155. The third-order valence-corrected chi connectivity index (χ3v) is 2.12. The SMILES string of the molecule is O=C1OC[C@@H]2CCCO[C@@H]12. The van der Waals surface area contributed by atoms with Crippen LogP contribution in [0.25, 0.3) is 0 Å². The van der Waals surface area contributed by atoms with Crippen molar-refractivity contribution in [2.24, 2.45) is 5.92 Å². The lowest BCUT2D eigenvalue weighted by Crippen LogP contribution is -2.30. The molecule has 0 saturated carbocycles. The average Bonchev–Trinajstić information content (AvgIpc) is 2.34. The van der Waals surface area contributed by atoms with E-state index in [4.69, 9.17) is 9.47 Å². The van der Waals surface area contributed by atoms with Crippen molar-refractivity contribution in [2.75, 3.05) is 13.2 Å². The molecule has 0 aromatic rings. The summed E-state index contributed by atoms with van der Waals surface area (Å²) in [5, 5.41) is 0. The lowest BCUT2D eigenvalue weighted by Gasteiger charge is -2.20. The first-order chi connectivity index (χ1) is 4.88.